The number of hydrogen-bond acceptors (Lipinski definition) is 3. The van der Waals surface area contributed by atoms with Crippen LogP contribution in [-0.4, -0.2) is 25.2 Å². The summed E-state index contributed by atoms with van der Waals surface area (Å²) in [5.41, 5.74) is -1.88. The van der Waals surface area contributed by atoms with Gasteiger partial charge in [0.05, 0.1) is 5.69 Å². The monoisotopic (exact) mass is 264 g/mol. The molecule has 1 saturated heterocycles. The quantitative estimate of drug-likeness (QED) is 0.860. The Morgan fingerprint density at radius 2 is 2.29 bits per heavy atom. The maximum absolute atomic E-state index is 13.0. The van der Waals surface area contributed by atoms with Crippen LogP contribution in [0.4, 0.5) is 18.9 Å². The van der Waals surface area contributed by atoms with Gasteiger partial charge in [0.1, 0.15) is 0 Å². The third-order valence-corrected chi connectivity index (χ3v) is 3.59. The van der Waals surface area contributed by atoms with E-state index in [9.17, 15) is 18.0 Å². The summed E-state index contributed by atoms with van der Waals surface area (Å²) >= 11 is 1.32. The first-order valence-electron chi connectivity index (χ1n) is 5.07. The molecular formula is C10H11F3N2OS. The van der Waals surface area contributed by atoms with Crippen molar-refractivity contribution in [3.05, 3.63) is 16.8 Å². The molecule has 0 radical (unpaired) electrons. The van der Waals surface area contributed by atoms with Gasteiger partial charge in [-0.15, -0.1) is 0 Å². The van der Waals surface area contributed by atoms with Crippen molar-refractivity contribution in [2.45, 2.75) is 12.6 Å². The summed E-state index contributed by atoms with van der Waals surface area (Å²) in [5, 5.41) is 8.22. The zero-order valence-electron chi connectivity index (χ0n) is 8.80. The van der Waals surface area contributed by atoms with Crippen LogP contribution in [0, 0.1) is 5.41 Å². The second-order valence-electron chi connectivity index (χ2n) is 3.97. The highest BCUT2D eigenvalue weighted by atomic mass is 32.1. The first kappa shape index (κ1) is 12.4. The number of thiophene rings is 1. The van der Waals surface area contributed by atoms with Crippen molar-refractivity contribution in [1.82, 2.24) is 5.32 Å². The fourth-order valence-electron chi connectivity index (χ4n) is 1.84. The summed E-state index contributed by atoms with van der Waals surface area (Å²) in [5.74, 6) is -0.978. The lowest BCUT2D eigenvalue weighted by molar-refractivity contribution is -0.213. The Bertz CT molecular complexity index is 396. The van der Waals surface area contributed by atoms with Crippen LogP contribution in [0.2, 0.25) is 0 Å². The molecule has 7 heteroatoms. The summed E-state index contributed by atoms with van der Waals surface area (Å²) in [6.45, 7) is -0.150. The van der Waals surface area contributed by atoms with E-state index in [2.05, 4.69) is 10.6 Å². The highest BCUT2D eigenvalue weighted by Crippen LogP contribution is 2.43. The predicted octanol–water partition coefficient (Wildman–Crippen LogP) is 2.23. The molecule has 1 aromatic heterocycles. The van der Waals surface area contributed by atoms with Crippen molar-refractivity contribution in [3.63, 3.8) is 0 Å². The van der Waals surface area contributed by atoms with Gasteiger partial charge in [-0.25, -0.2) is 0 Å². The fraction of sp³-hybridized carbons (Fsp3) is 0.500. The van der Waals surface area contributed by atoms with Gasteiger partial charge in [-0.3, -0.25) is 4.79 Å². The van der Waals surface area contributed by atoms with Gasteiger partial charge in [0.15, 0.2) is 5.41 Å². The first-order valence-corrected chi connectivity index (χ1v) is 6.01. The number of hydrogen-bond donors (Lipinski definition) is 2. The van der Waals surface area contributed by atoms with E-state index in [-0.39, 0.29) is 19.5 Å². The van der Waals surface area contributed by atoms with Gasteiger partial charge in [0.25, 0.3) is 0 Å². The normalized spacial score (nSPS) is 24.9. The molecule has 0 bridgehead atoms. The number of carbonyl (C=O) groups is 1. The van der Waals surface area contributed by atoms with Crippen LogP contribution in [0.25, 0.3) is 0 Å². The number of halogens is 3. The number of alkyl halides is 3. The zero-order chi connectivity index (χ0) is 12.5. The van der Waals surface area contributed by atoms with E-state index in [4.69, 9.17) is 0 Å². The average Bonchev–Trinajstić information content (AvgIpc) is 2.85. The molecule has 1 aliphatic rings. The van der Waals surface area contributed by atoms with Gasteiger partial charge in [0, 0.05) is 11.9 Å². The van der Waals surface area contributed by atoms with Crippen molar-refractivity contribution in [2.24, 2.45) is 5.41 Å². The zero-order valence-corrected chi connectivity index (χ0v) is 9.62. The Morgan fingerprint density at radius 1 is 1.53 bits per heavy atom. The molecule has 0 aliphatic carbocycles. The van der Waals surface area contributed by atoms with Crippen LogP contribution < -0.4 is 10.6 Å². The third-order valence-electron chi connectivity index (χ3n) is 2.91. The van der Waals surface area contributed by atoms with Crippen LogP contribution >= 0.6 is 11.3 Å². The van der Waals surface area contributed by atoms with E-state index in [0.29, 0.717) is 5.69 Å². The molecule has 2 N–H and O–H groups in total. The SMILES string of the molecule is O=C(Nc1ccsc1)C1(C(F)(F)F)CCNC1. The number of nitrogens with one attached hydrogen (secondary N) is 2. The van der Waals surface area contributed by atoms with Gasteiger partial charge in [-0.05, 0) is 24.4 Å². The molecule has 0 saturated carbocycles. The van der Waals surface area contributed by atoms with Crippen LogP contribution in [0.5, 0.6) is 0 Å². The number of rotatable bonds is 2. The van der Waals surface area contributed by atoms with Crippen molar-refractivity contribution < 1.29 is 18.0 Å². The standard InChI is InChI=1S/C10H11F3N2OS/c11-10(12,13)9(2-3-14-6-9)8(16)15-7-1-4-17-5-7/h1,4-5,14H,2-3,6H2,(H,15,16). The minimum atomic E-state index is -4.53. The van der Waals surface area contributed by atoms with Gasteiger partial charge < -0.3 is 10.6 Å². The Morgan fingerprint density at radius 3 is 2.76 bits per heavy atom. The Labute approximate surface area is 100 Å². The molecule has 0 spiro atoms. The Kier molecular flexibility index (Phi) is 3.13. The summed E-state index contributed by atoms with van der Waals surface area (Å²) in [4.78, 5) is 11.8. The highest BCUT2D eigenvalue weighted by Gasteiger charge is 2.61. The second-order valence-corrected chi connectivity index (χ2v) is 4.75. The molecule has 1 unspecified atom stereocenters. The average molecular weight is 264 g/mol. The van der Waals surface area contributed by atoms with Gasteiger partial charge in [-0.2, -0.15) is 24.5 Å². The minimum Gasteiger partial charge on any atom is -0.325 e. The number of amides is 1. The van der Waals surface area contributed by atoms with Crippen molar-refractivity contribution in [3.8, 4) is 0 Å². The van der Waals surface area contributed by atoms with Crippen molar-refractivity contribution in [1.29, 1.82) is 0 Å². The molecule has 1 fully saturated rings. The topological polar surface area (TPSA) is 41.1 Å². The summed E-state index contributed by atoms with van der Waals surface area (Å²) in [6.07, 6.45) is -4.75. The van der Waals surface area contributed by atoms with E-state index in [1.165, 1.54) is 11.3 Å². The lowest BCUT2D eigenvalue weighted by Gasteiger charge is -2.29. The van der Waals surface area contributed by atoms with E-state index in [1.807, 2.05) is 0 Å². The molecule has 17 heavy (non-hydrogen) atoms. The molecule has 1 aromatic rings. The first-order chi connectivity index (χ1) is 7.96. The van der Waals surface area contributed by atoms with Gasteiger partial charge in [-0.1, -0.05) is 0 Å². The third kappa shape index (κ3) is 2.16. The fourth-order valence-corrected chi connectivity index (χ4v) is 2.43. The van der Waals surface area contributed by atoms with E-state index in [1.54, 1.807) is 16.8 Å². The summed E-state index contributed by atoms with van der Waals surface area (Å²) in [6, 6.07) is 1.58. The molecule has 1 aliphatic heterocycles. The molecule has 1 amide bonds. The molecule has 1 atom stereocenters. The van der Waals surface area contributed by atoms with Crippen LogP contribution in [0.15, 0.2) is 16.8 Å². The second kappa shape index (κ2) is 4.30. The highest BCUT2D eigenvalue weighted by molar-refractivity contribution is 7.08. The maximum atomic E-state index is 13.0. The van der Waals surface area contributed by atoms with Crippen LogP contribution in [0.3, 0.4) is 0 Å². The number of carbonyl (C=O) groups excluding carboxylic acids is 1. The lowest BCUT2D eigenvalue weighted by Crippen LogP contribution is -2.49. The predicted molar refractivity (Wildman–Crippen MR) is 58.9 cm³/mol. The largest absolute Gasteiger partial charge is 0.404 e. The molecule has 2 heterocycles. The van der Waals surface area contributed by atoms with Gasteiger partial charge in [0.2, 0.25) is 5.91 Å². The number of anilines is 1. The Hall–Kier alpha value is -1.08. The maximum Gasteiger partial charge on any atom is 0.404 e. The minimum absolute atomic E-state index is 0.205. The van der Waals surface area contributed by atoms with Crippen LogP contribution in [-0.2, 0) is 4.79 Å². The Balaban J connectivity index is 2.20. The van der Waals surface area contributed by atoms with E-state index in [0.717, 1.165) is 0 Å². The van der Waals surface area contributed by atoms with E-state index < -0.39 is 17.5 Å². The van der Waals surface area contributed by atoms with E-state index >= 15 is 0 Å². The lowest BCUT2D eigenvalue weighted by atomic mass is 9.85. The summed E-state index contributed by atoms with van der Waals surface area (Å²) < 4.78 is 39.0. The smallest absolute Gasteiger partial charge is 0.325 e. The molecule has 3 nitrogen and oxygen atoms in total. The molecule has 94 valence electrons. The molecule has 0 aromatic carbocycles. The van der Waals surface area contributed by atoms with Crippen LogP contribution in [0.1, 0.15) is 6.42 Å². The molecule has 2 rings (SSSR count). The summed E-state index contributed by atoms with van der Waals surface area (Å²) in [7, 11) is 0. The molecular weight excluding hydrogens is 253 g/mol. The van der Waals surface area contributed by atoms with Crippen molar-refractivity contribution in [2.75, 3.05) is 18.4 Å². The van der Waals surface area contributed by atoms with Gasteiger partial charge >= 0.3 is 6.18 Å². The van der Waals surface area contributed by atoms with Crippen molar-refractivity contribution >= 4 is 22.9 Å².